The van der Waals surface area contributed by atoms with Gasteiger partial charge in [-0.05, 0) is 50.1 Å². The van der Waals surface area contributed by atoms with E-state index in [-0.39, 0.29) is 24.3 Å². The number of hydrogen-bond acceptors (Lipinski definition) is 2. The third-order valence-electron chi connectivity index (χ3n) is 4.88. The first-order valence-electron chi connectivity index (χ1n) is 9.45. The molecule has 0 fully saturated rings. The molecule has 158 valence electrons. The number of carbonyl (C=O) groups excluding carboxylic acids is 1. The Morgan fingerprint density at radius 1 is 1.13 bits per heavy atom. The molecule has 2 amide bonds. The number of hydrogen-bond donors (Lipinski definition) is 2. The van der Waals surface area contributed by atoms with E-state index in [1.165, 1.54) is 29.2 Å². The number of nitrogens with zero attached hydrogens (tertiary/aromatic N) is 1. The van der Waals surface area contributed by atoms with E-state index in [1.54, 1.807) is 6.92 Å². The lowest BCUT2D eigenvalue weighted by Gasteiger charge is -2.23. The molecule has 0 atom stereocenters. The van der Waals surface area contributed by atoms with Crippen LogP contribution in [-0.2, 0) is 12.7 Å². The molecule has 0 saturated heterocycles. The van der Waals surface area contributed by atoms with Crippen LogP contribution in [0.25, 0.3) is 10.9 Å². The number of aromatic nitrogens is 1. The quantitative estimate of drug-likeness (QED) is 0.611. The number of H-pyrrole nitrogens is 1. The van der Waals surface area contributed by atoms with Crippen molar-refractivity contribution in [3.63, 3.8) is 0 Å². The van der Waals surface area contributed by atoms with Crippen LogP contribution >= 0.6 is 0 Å². The van der Waals surface area contributed by atoms with Crippen molar-refractivity contribution in [1.29, 1.82) is 0 Å². The lowest BCUT2D eigenvalue weighted by atomic mass is 10.0. The molecule has 3 aromatic rings. The standard InChI is InChI=1S/C22H22F3N3O2/c1-4-28(21(30)26-18-8-6-5-7-17(18)22(23,24)25)12-15-11-19(29)27-20-14(3)9-13(2)10-16(15)20/h5-11H,4,12H2,1-3H3,(H,26,30)(H,27,29). The van der Waals surface area contributed by atoms with Crippen molar-refractivity contribution < 1.29 is 18.0 Å². The van der Waals surface area contributed by atoms with Crippen molar-refractivity contribution in [3.8, 4) is 0 Å². The molecule has 0 bridgehead atoms. The summed E-state index contributed by atoms with van der Waals surface area (Å²) in [6.45, 7) is 5.87. The predicted octanol–water partition coefficient (Wildman–Crippen LogP) is 5.22. The first-order valence-corrected chi connectivity index (χ1v) is 9.45. The first kappa shape index (κ1) is 21.4. The maximum atomic E-state index is 13.2. The van der Waals surface area contributed by atoms with Crippen molar-refractivity contribution in [2.24, 2.45) is 0 Å². The molecule has 0 aliphatic carbocycles. The number of urea groups is 1. The lowest BCUT2D eigenvalue weighted by molar-refractivity contribution is -0.136. The van der Waals surface area contributed by atoms with Crippen LogP contribution < -0.4 is 10.9 Å². The van der Waals surface area contributed by atoms with Gasteiger partial charge in [0.25, 0.3) is 0 Å². The van der Waals surface area contributed by atoms with Crippen LogP contribution in [0.3, 0.4) is 0 Å². The van der Waals surface area contributed by atoms with E-state index >= 15 is 0 Å². The summed E-state index contributed by atoms with van der Waals surface area (Å²) in [6, 6.07) is 9.43. The minimum atomic E-state index is -4.58. The Morgan fingerprint density at radius 3 is 2.50 bits per heavy atom. The number of aryl methyl sites for hydroxylation is 2. The Labute approximate surface area is 171 Å². The number of halogens is 3. The number of benzene rings is 2. The number of alkyl halides is 3. The van der Waals surface area contributed by atoms with Crippen LogP contribution in [0.4, 0.5) is 23.7 Å². The molecule has 0 spiro atoms. The average molecular weight is 417 g/mol. The van der Waals surface area contributed by atoms with Gasteiger partial charge in [-0.25, -0.2) is 4.79 Å². The number of carbonyl (C=O) groups is 1. The van der Waals surface area contributed by atoms with Gasteiger partial charge in [0, 0.05) is 24.5 Å². The van der Waals surface area contributed by atoms with Crippen molar-refractivity contribution in [2.75, 3.05) is 11.9 Å². The Hall–Kier alpha value is -3.29. The second-order valence-corrected chi connectivity index (χ2v) is 7.15. The van der Waals surface area contributed by atoms with E-state index in [9.17, 15) is 22.8 Å². The molecule has 0 saturated carbocycles. The minimum Gasteiger partial charge on any atom is -0.322 e. The van der Waals surface area contributed by atoms with Crippen molar-refractivity contribution in [2.45, 2.75) is 33.5 Å². The fourth-order valence-corrected chi connectivity index (χ4v) is 3.48. The minimum absolute atomic E-state index is 0.0832. The van der Waals surface area contributed by atoms with Gasteiger partial charge in [0.1, 0.15) is 0 Å². The number of para-hydroxylation sites is 1. The number of anilines is 1. The molecule has 5 nitrogen and oxygen atoms in total. The maximum Gasteiger partial charge on any atom is 0.418 e. The molecule has 2 N–H and O–H groups in total. The lowest BCUT2D eigenvalue weighted by Crippen LogP contribution is -2.35. The molecular weight excluding hydrogens is 395 g/mol. The highest BCUT2D eigenvalue weighted by Crippen LogP contribution is 2.34. The second kappa shape index (κ2) is 8.22. The summed E-state index contributed by atoms with van der Waals surface area (Å²) in [7, 11) is 0. The summed E-state index contributed by atoms with van der Waals surface area (Å²) < 4.78 is 39.7. The Kier molecular flexibility index (Phi) is 5.87. The van der Waals surface area contributed by atoms with Gasteiger partial charge in [-0.15, -0.1) is 0 Å². The summed E-state index contributed by atoms with van der Waals surface area (Å²) in [5.41, 5.74) is 1.68. The van der Waals surface area contributed by atoms with Crippen LogP contribution in [0.1, 0.15) is 29.2 Å². The zero-order chi connectivity index (χ0) is 22.1. The Balaban J connectivity index is 1.94. The monoisotopic (exact) mass is 417 g/mol. The van der Waals surface area contributed by atoms with Gasteiger partial charge in [-0.1, -0.05) is 23.8 Å². The molecule has 0 unspecified atom stereocenters. The smallest absolute Gasteiger partial charge is 0.322 e. The Morgan fingerprint density at radius 2 is 1.83 bits per heavy atom. The zero-order valence-corrected chi connectivity index (χ0v) is 16.9. The van der Waals surface area contributed by atoms with Gasteiger partial charge < -0.3 is 15.2 Å². The van der Waals surface area contributed by atoms with E-state index in [1.807, 2.05) is 26.0 Å². The van der Waals surface area contributed by atoms with Gasteiger partial charge in [-0.3, -0.25) is 4.79 Å². The summed E-state index contributed by atoms with van der Waals surface area (Å²) >= 11 is 0. The fraction of sp³-hybridized carbons (Fsp3) is 0.273. The highest BCUT2D eigenvalue weighted by Gasteiger charge is 2.33. The summed E-state index contributed by atoms with van der Waals surface area (Å²) in [5, 5.41) is 3.15. The van der Waals surface area contributed by atoms with Crippen LogP contribution in [0.5, 0.6) is 0 Å². The highest BCUT2D eigenvalue weighted by molar-refractivity contribution is 5.91. The van der Waals surface area contributed by atoms with Gasteiger partial charge in [0.2, 0.25) is 5.56 Å². The molecule has 1 aromatic heterocycles. The third kappa shape index (κ3) is 4.48. The Bertz CT molecular complexity index is 1150. The van der Waals surface area contributed by atoms with Gasteiger partial charge in [-0.2, -0.15) is 13.2 Å². The van der Waals surface area contributed by atoms with Crippen molar-refractivity contribution in [1.82, 2.24) is 9.88 Å². The molecule has 30 heavy (non-hydrogen) atoms. The van der Waals surface area contributed by atoms with E-state index < -0.39 is 17.8 Å². The van der Waals surface area contributed by atoms with Gasteiger partial charge in [0.05, 0.1) is 16.8 Å². The van der Waals surface area contributed by atoms with Gasteiger partial charge >= 0.3 is 12.2 Å². The van der Waals surface area contributed by atoms with E-state index in [4.69, 9.17) is 0 Å². The summed E-state index contributed by atoms with van der Waals surface area (Å²) in [6.07, 6.45) is -4.58. The first-order chi connectivity index (χ1) is 14.1. The maximum absolute atomic E-state index is 13.2. The molecular formula is C22H22F3N3O2. The predicted molar refractivity (Wildman–Crippen MR) is 111 cm³/mol. The molecule has 8 heteroatoms. The number of pyridine rings is 1. The molecule has 0 aliphatic heterocycles. The number of amides is 2. The molecule has 3 rings (SSSR count). The zero-order valence-electron chi connectivity index (χ0n) is 16.9. The largest absolute Gasteiger partial charge is 0.418 e. The van der Waals surface area contributed by atoms with Crippen LogP contribution in [0.2, 0.25) is 0 Å². The number of nitrogens with one attached hydrogen (secondary N) is 2. The normalized spacial score (nSPS) is 11.5. The number of fused-ring (bicyclic) bond motifs is 1. The van der Waals surface area contributed by atoms with E-state index in [0.717, 1.165) is 22.6 Å². The third-order valence-corrected chi connectivity index (χ3v) is 4.88. The molecule has 0 aliphatic rings. The number of rotatable bonds is 4. The van der Waals surface area contributed by atoms with E-state index in [2.05, 4.69) is 10.3 Å². The molecule has 2 aromatic carbocycles. The number of aromatic amines is 1. The molecule has 0 radical (unpaired) electrons. The van der Waals surface area contributed by atoms with Crippen molar-refractivity contribution >= 4 is 22.6 Å². The average Bonchev–Trinajstić information content (AvgIpc) is 2.66. The van der Waals surface area contributed by atoms with Gasteiger partial charge in [0.15, 0.2) is 0 Å². The van der Waals surface area contributed by atoms with E-state index in [0.29, 0.717) is 11.1 Å². The topological polar surface area (TPSA) is 65.2 Å². The SMILES string of the molecule is CCN(Cc1cc(=O)[nH]c2c(C)cc(C)cc12)C(=O)Nc1ccccc1C(F)(F)F. The van der Waals surface area contributed by atoms with Crippen LogP contribution in [-0.4, -0.2) is 22.5 Å². The summed E-state index contributed by atoms with van der Waals surface area (Å²) in [5.74, 6) is 0. The molecule has 1 heterocycles. The second-order valence-electron chi connectivity index (χ2n) is 7.15. The van der Waals surface area contributed by atoms with Crippen LogP contribution in [0.15, 0.2) is 47.3 Å². The van der Waals surface area contributed by atoms with Crippen LogP contribution in [0, 0.1) is 13.8 Å². The fourth-order valence-electron chi connectivity index (χ4n) is 3.48. The summed E-state index contributed by atoms with van der Waals surface area (Å²) in [4.78, 5) is 29.0. The highest BCUT2D eigenvalue weighted by atomic mass is 19.4. The van der Waals surface area contributed by atoms with Crippen molar-refractivity contribution in [3.05, 3.63) is 75.1 Å².